The summed E-state index contributed by atoms with van der Waals surface area (Å²) in [5.41, 5.74) is 0.987. The van der Waals surface area contributed by atoms with Crippen LogP contribution in [0.25, 0.3) is 10.9 Å². The highest BCUT2D eigenvalue weighted by molar-refractivity contribution is 6.05. The second-order valence-electron chi connectivity index (χ2n) is 5.57. The summed E-state index contributed by atoms with van der Waals surface area (Å²) in [6.07, 6.45) is 0.145. The maximum Gasteiger partial charge on any atom is 0.310 e. The van der Waals surface area contributed by atoms with Gasteiger partial charge in [0.05, 0.1) is 11.2 Å². The van der Waals surface area contributed by atoms with Crippen molar-refractivity contribution in [1.82, 2.24) is 4.57 Å². The second kappa shape index (κ2) is 6.39. The number of hydrogen-bond donors (Lipinski definition) is 1. The molecular weight excluding hydrogens is 325 g/mol. The molecule has 6 heteroatoms. The lowest BCUT2D eigenvalue weighted by atomic mass is 10.2. The predicted molar refractivity (Wildman–Crippen MR) is 90.4 cm³/mol. The first-order valence-corrected chi connectivity index (χ1v) is 7.78. The fourth-order valence-electron chi connectivity index (χ4n) is 2.68. The van der Waals surface area contributed by atoms with Crippen LogP contribution in [0.4, 0.5) is 4.39 Å². The van der Waals surface area contributed by atoms with Crippen LogP contribution in [-0.4, -0.2) is 21.6 Å². The van der Waals surface area contributed by atoms with Crippen molar-refractivity contribution >= 4 is 22.8 Å². The van der Waals surface area contributed by atoms with E-state index in [1.54, 1.807) is 44.2 Å². The Morgan fingerprint density at radius 2 is 1.88 bits per heavy atom. The van der Waals surface area contributed by atoms with E-state index in [1.807, 2.05) is 0 Å². The van der Waals surface area contributed by atoms with E-state index >= 15 is 0 Å². The highest BCUT2D eigenvalue weighted by Crippen LogP contribution is 2.37. The molecule has 25 heavy (non-hydrogen) atoms. The highest BCUT2D eigenvalue weighted by atomic mass is 19.1. The lowest BCUT2D eigenvalue weighted by Gasteiger charge is -2.07. The molecule has 128 valence electrons. The molecule has 0 radical (unpaired) electrons. The largest absolute Gasteiger partial charge is 0.505 e. The number of benzene rings is 2. The van der Waals surface area contributed by atoms with Crippen LogP contribution < -0.4 is 4.74 Å². The summed E-state index contributed by atoms with van der Waals surface area (Å²) in [4.78, 5) is 24.6. The van der Waals surface area contributed by atoms with Gasteiger partial charge in [-0.05, 0) is 25.1 Å². The van der Waals surface area contributed by atoms with Crippen molar-refractivity contribution in [3.63, 3.8) is 0 Å². The molecule has 2 aromatic carbocycles. The van der Waals surface area contributed by atoms with Crippen molar-refractivity contribution in [2.45, 2.75) is 20.3 Å². The number of fused-ring (bicyclic) bond motifs is 1. The summed E-state index contributed by atoms with van der Waals surface area (Å²) in [5.74, 6) is -2.17. The Morgan fingerprint density at radius 1 is 1.20 bits per heavy atom. The molecule has 0 spiro atoms. The van der Waals surface area contributed by atoms with Crippen LogP contribution in [0.2, 0.25) is 0 Å². The summed E-state index contributed by atoms with van der Waals surface area (Å²) < 4.78 is 20.5. The lowest BCUT2D eigenvalue weighted by molar-refractivity contribution is -0.133. The molecule has 1 heterocycles. The molecule has 0 atom stereocenters. The van der Waals surface area contributed by atoms with E-state index in [9.17, 15) is 19.1 Å². The number of phenols is 1. The first kappa shape index (κ1) is 16.7. The molecule has 0 bridgehead atoms. The van der Waals surface area contributed by atoms with Gasteiger partial charge in [0.2, 0.25) is 0 Å². The van der Waals surface area contributed by atoms with Gasteiger partial charge in [0.25, 0.3) is 5.91 Å². The summed E-state index contributed by atoms with van der Waals surface area (Å²) >= 11 is 0. The molecule has 1 aromatic heterocycles. The maximum absolute atomic E-state index is 13.9. The molecule has 3 rings (SSSR count). The van der Waals surface area contributed by atoms with Gasteiger partial charge < -0.3 is 9.84 Å². The third-order valence-electron chi connectivity index (χ3n) is 3.94. The Kier molecular flexibility index (Phi) is 4.27. The van der Waals surface area contributed by atoms with Gasteiger partial charge in [-0.1, -0.05) is 25.1 Å². The zero-order chi connectivity index (χ0) is 18.1. The Morgan fingerprint density at radius 3 is 2.52 bits per heavy atom. The number of nitrogens with zero attached hydrogens (tertiary/aromatic N) is 1. The molecule has 1 N–H and O–H groups in total. The van der Waals surface area contributed by atoms with E-state index in [0.29, 0.717) is 16.6 Å². The molecule has 3 aromatic rings. The fraction of sp³-hybridized carbons (Fsp3) is 0.158. The van der Waals surface area contributed by atoms with E-state index in [0.717, 1.165) is 12.1 Å². The Balaban J connectivity index is 2.27. The fourth-order valence-corrected chi connectivity index (χ4v) is 2.68. The third-order valence-corrected chi connectivity index (χ3v) is 3.94. The number of ether oxygens (including phenoxy) is 1. The first-order chi connectivity index (χ1) is 11.9. The molecule has 0 aliphatic heterocycles. The van der Waals surface area contributed by atoms with Crippen LogP contribution in [0.3, 0.4) is 0 Å². The average molecular weight is 341 g/mol. The van der Waals surface area contributed by atoms with Crippen molar-refractivity contribution in [2.75, 3.05) is 0 Å². The minimum absolute atomic E-state index is 0.140. The van der Waals surface area contributed by atoms with E-state index in [4.69, 9.17) is 4.74 Å². The minimum Gasteiger partial charge on any atom is -0.505 e. The zero-order valence-corrected chi connectivity index (χ0v) is 13.7. The normalized spacial score (nSPS) is 10.8. The standard InChI is InChI=1S/C19H16FNO4/c1-3-17(23)25-18-11(2)21(19(24)12-7-5-4-6-8-12)15-10-14(20)16(22)9-13(15)18/h4-10,22H,3H2,1-2H3. The van der Waals surface area contributed by atoms with Crippen LogP contribution in [0.5, 0.6) is 11.5 Å². The lowest BCUT2D eigenvalue weighted by Crippen LogP contribution is -2.14. The first-order valence-electron chi connectivity index (χ1n) is 7.78. The van der Waals surface area contributed by atoms with E-state index in [1.165, 1.54) is 4.57 Å². The van der Waals surface area contributed by atoms with Crippen LogP contribution in [0.1, 0.15) is 29.4 Å². The van der Waals surface area contributed by atoms with Gasteiger partial charge in [-0.25, -0.2) is 4.39 Å². The molecule has 5 nitrogen and oxygen atoms in total. The Hall–Kier alpha value is -3.15. The van der Waals surface area contributed by atoms with Gasteiger partial charge in [0.1, 0.15) is 0 Å². The van der Waals surface area contributed by atoms with Gasteiger partial charge in [0.15, 0.2) is 17.3 Å². The van der Waals surface area contributed by atoms with Gasteiger partial charge in [-0.3, -0.25) is 14.2 Å². The maximum atomic E-state index is 13.9. The number of rotatable bonds is 3. The van der Waals surface area contributed by atoms with Gasteiger partial charge in [-0.2, -0.15) is 0 Å². The molecule has 0 saturated carbocycles. The number of halogens is 1. The number of aromatic hydroxyl groups is 1. The second-order valence-corrected chi connectivity index (χ2v) is 5.57. The van der Waals surface area contributed by atoms with Crippen molar-refractivity contribution in [2.24, 2.45) is 0 Å². The summed E-state index contributed by atoms with van der Waals surface area (Å²) in [6, 6.07) is 10.7. The smallest absolute Gasteiger partial charge is 0.310 e. The molecule has 0 aliphatic carbocycles. The molecule has 0 saturated heterocycles. The summed E-state index contributed by atoms with van der Waals surface area (Å²) in [7, 11) is 0. The molecule has 0 unspecified atom stereocenters. The topological polar surface area (TPSA) is 68.5 Å². The van der Waals surface area contributed by atoms with Crippen molar-refractivity contribution in [3.8, 4) is 11.5 Å². The quantitative estimate of drug-likeness (QED) is 0.736. The zero-order valence-electron chi connectivity index (χ0n) is 13.7. The average Bonchev–Trinajstić information content (AvgIpc) is 2.87. The third kappa shape index (κ3) is 2.87. The Bertz CT molecular complexity index is 976. The summed E-state index contributed by atoms with van der Waals surface area (Å²) in [5, 5.41) is 9.97. The molecule has 0 amide bonds. The Labute approximate surface area is 143 Å². The number of phenolic OH excluding ortho intramolecular Hbond substituents is 1. The van der Waals surface area contributed by atoms with Crippen LogP contribution in [-0.2, 0) is 4.79 Å². The number of hydrogen-bond acceptors (Lipinski definition) is 4. The number of carbonyl (C=O) groups excluding carboxylic acids is 2. The van der Waals surface area contributed by atoms with Crippen LogP contribution in [0.15, 0.2) is 42.5 Å². The van der Waals surface area contributed by atoms with E-state index < -0.39 is 17.5 Å². The molecule has 0 fully saturated rings. The number of esters is 1. The highest BCUT2D eigenvalue weighted by Gasteiger charge is 2.24. The predicted octanol–water partition coefficient (Wildman–Crippen LogP) is 3.80. The van der Waals surface area contributed by atoms with Crippen molar-refractivity contribution in [1.29, 1.82) is 0 Å². The summed E-state index contributed by atoms with van der Waals surface area (Å²) in [6.45, 7) is 3.25. The van der Waals surface area contributed by atoms with Gasteiger partial charge >= 0.3 is 5.97 Å². The van der Waals surface area contributed by atoms with Crippen LogP contribution in [0, 0.1) is 12.7 Å². The monoisotopic (exact) mass is 341 g/mol. The van der Waals surface area contributed by atoms with Crippen molar-refractivity contribution in [3.05, 3.63) is 59.5 Å². The molecular formula is C19H16FNO4. The van der Waals surface area contributed by atoms with Crippen molar-refractivity contribution < 1.29 is 23.8 Å². The van der Waals surface area contributed by atoms with E-state index in [-0.39, 0.29) is 23.6 Å². The SMILES string of the molecule is CCC(=O)Oc1c(C)n(C(=O)c2ccccc2)c2cc(F)c(O)cc12. The number of carbonyl (C=O) groups is 2. The minimum atomic E-state index is -0.861. The van der Waals surface area contributed by atoms with Gasteiger partial charge in [0, 0.05) is 23.4 Å². The molecule has 0 aliphatic rings. The van der Waals surface area contributed by atoms with Crippen LogP contribution >= 0.6 is 0 Å². The van der Waals surface area contributed by atoms with Gasteiger partial charge in [-0.15, -0.1) is 0 Å². The van der Waals surface area contributed by atoms with E-state index in [2.05, 4.69) is 0 Å². The number of aromatic nitrogens is 1.